The van der Waals surface area contributed by atoms with Crippen molar-refractivity contribution in [1.82, 2.24) is 9.55 Å². The van der Waals surface area contributed by atoms with Gasteiger partial charge in [0.05, 0.1) is 30.3 Å². The largest absolute Gasteiger partial charge is 0.389 e. The first-order valence-corrected chi connectivity index (χ1v) is 11.6. The summed E-state index contributed by atoms with van der Waals surface area (Å²) in [6.07, 6.45) is 4.05. The van der Waals surface area contributed by atoms with Gasteiger partial charge >= 0.3 is 0 Å². The molecule has 0 aliphatic heterocycles. The Hall–Kier alpha value is -2.95. The van der Waals surface area contributed by atoms with E-state index in [0.717, 1.165) is 28.0 Å². The molecule has 1 aromatic heterocycles. The summed E-state index contributed by atoms with van der Waals surface area (Å²) in [6, 6.07) is 28.7. The first-order valence-electron chi connectivity index (χ1n) is 11.6. The smallest absolute Gasteiger partial charge is 0.113 e. The van der Waals surface area contributed by atoms with Gasteiger partial charge in [-0.25, -0.2) is 4.98 Å². The highest BCUT2D eigenvalue weighted by Gasteiger charge is 2.25. The average Bonchev–Trinajstić information content (AvgIpc) is 3.49. The van der Waals surface area contributed by atoms with E-state index in [1.807, 2.05) is 48.5 Å². The number of rotatable bonds is 8. The number of hydrogen-bond acceptors (Lipinski definition) is 3. The lowest BCUT2D eigenvalue weighted by atomic mass is 10.0. The molecule has 1 N–H and O–H groups in total. The number of aliphatic hydroxyl groups is 1. The van der Waals surface area contributed by atoms with E-state index in [1.54, 1.807) is 0 Å². The van der Waals surface area contributed by atoms with Gasteiger partial charge in [0.15, 0.2) is 0 Å². The molecule has 164 valence electrons. The molecule has 0 spiro atoms. The summed E-state index contributed by atoms with van der Waals surface area (Å²) in [5.41, 5.74) is 4.28. The Morgan fingerprint density at radius 1 is 0.844 bits per heavy atom. The highest BCUT2D eigenvalue weighted by molar-refractivity contribution is 5.76. The first kappa shape index (κ1) is 20.9. The quantitative estimate of drug-likeness (QED) is 0.384. The highest BCUT2D eigenvalue weighted by atomic mass is 16.5. The molecule has 1 saturated carbocycles. The van der Waals surface area contributed by atoms with Gasteiger partial charge in [-0.2, -0.15) is 0 Å². The van der Waals surface area contributed by atoms with Crippen LogP contribution in [0.25, 0.3) is 11.0 Å². The number of para-hydroxylation sites is 2. The fourth-order valence-electron chi connectivity index (χ4n) is 4.89. The summed E-state index contributed by atoms with van der Waals surface area (Å²) >= 11 is 0. The second-order valence-corrected chi connectivity index (χ2v) is 8.74. The number of benzene rings is 3. The molecule has 1 fully saturated rings. The van der Waals surface area contributed by atoms with Gasteiger partial charge < -0.3 is 14.4 Å². The monoisotopic (exact) mass is 426 g/mol. The van der Waals surface area contributed by atoms with Gasteiger partial charge in [0.25, 0.3) is 0 Å². The summed E-state index contributed by atoms with van der Waals surface area (Å²) in [5, 5.41) is 11.0. The maximum Gasteiger partial charge on any atom is 0.113 e. The molecule has 0 radical (unpaired) electrons. The third kappa shape index (κ3) is 4.47. The van der Waals surface area contributed by atoms with Crippen molar-refractivity contribution < 1.29 is 9.84 Å². The van der Waals surface area contributed by atoms with E-state index in [1.165, 1.54) is 25.7 Å². The van der Waals surface area contributed by atoms with Crippen molar-refractivity contribution in [3.63, 3.8) is 0 Å². The normalized spacial score (nSPS) is 15.6. The molecular formula is C28H30N2O2. The Labute approximate surface area is 189 Å². The molecule has 3 aromatic carbocycles. The lowest BCUT2D eigenvalue weighted by Crippen LogP contribution is -2.25. The van der Waals surface area contributed by atoms with Crippen LogP contribution in [-0.2, 0) is 11.3 Å². The van der Waals surface area contributed by atoms with Gasteiger partial charge in [0.2, 0.25) is 0 Å². The molecule has 32 heavy (non-hydrogen) atoms. The minimum atomic E-state index is -0.623. The van der Waals surface area contributed by atoms with Crippen molar-refractivity contribution in [1.29, 1.82) is 0 Å². The van der Waals surface area contributed by atoms with Gasteiger partial charge in [-0.05, 0) is 36.1 Å². The fraction of sp³-hybridized carbons (Fsp3) is 0.321. The Bertz CT molecular complexity index is 1090. The molecule has 0 amide bonds. The minimum Gasteiger partial charge on any atom is -0.389 e. The van der Waals surface area contributed by atoms with Crippen LogP contribution in [0.4, 0.5) is 0 Å². The van der Waals surface area contributed by atoms with Crippen molar-refractivity contribution in [2.24, 2.45) is 0 Å². The predicted molar refractivity (Wildman–Crippen MR) is 128 cm³/mol. The first-order chi connectivity index (χ1) is 15.8. The lowest BCUT2D eigenvalue weighted by molar-refractivity contribution is -0.000525. The molecule has 1 heterocycles. The Kier molecular flexibility index (Phi) is 6.33. The van der Waals surface area contributed by atoms with Crippen LogP contribution < -0.4 is 0 Å². The number of aliphatic hydroxyl groups excluding tert-OH is 1. The van der Waals surface area contributed by atoms with Crippen LogP contribution in [-0.4, -0.2) is 27.4 Å². The fourth-order valence-corrected chi connectivity index (χ4v) is 4.89. The topological polar surface area (TPSA) is 47.3 Å². The second kappa shape index (κ2) is 9.68. The van der Waals surface area contributed by atoms with Gasteiger partial charge in [0, 0.05) is 5.92 Å². The van der Waals surface area contributed by atoms with Crippen molar-refractivity contribution in [3.8, 4) is 0 Å². The van der Waals surface area contributed by atoms with E-state index >= 15 is 0 Å². The molecule has 1 atom stereocenters. The number of ether oxygens (including phenoxy) is 1. The van der Waals surface area contributed by atoms with E-state index in [0.29, 0.717) is 12.5 Å². The van der Waals surface area contributed by atoms with Gasteiger partial charge in [-0.15, -0.1) is 0 Å². The third-order valence-corrected chi connectivity index (χ3v) is 6.46. The molecule has 0 saturated heterocycles. The molecular weight excluding hydrogens is 396 g/mol. The molecule has 1 unspecified atom stereocenters. The van der Waals surface area contributed by atoms with Crippen LogP contribution in [0.1, 0.15) is 54.7 Å². The van der Waals surface area contributed by atoms with Crippen LogP contribution in [0.15, 0.2) is 84.9 Å². The van der Waals surface area contributed by atoms with Crippen LogP contribution in [0.3, 0.4) is 0 Å². The van der Waals surface area contributed by atoms with Crippen LogP contribution in [0, 0.1) is 0 Å². The molecule has 5 rings (SSSR count). The number of imidazole rings is 1. The van der Waals surface area contributed by atoms with Crippen LogP contribution in [0.5, 0.6) is 0 Å². The summed E-state index contributed by atoms with van der Waals surface area (Å²) in [5.74, 6) is 1.60. The van der Waals surface area contributed by atoms with Crippen molar-refractivity contribution >= 4 is 11.0 Å². The number of nitrogens with zero attached hydrogens (tertiary/aromatic N) is 2. The summed E-state index contributed by atoms with van der Waals surface area (Å²) in [7, 11) is 0. The lowest BCUT2D eigenvalue weighted by Gasteiger charge is -2.22. The SMILES string of the molecule is OC(COC(c1ccccc1)c1ccccc1)Cn1c(C2CCCC2)nc2ccccc21. The predicted octanol–water partition coefficient (Wildman–Crippen LogP) is 5.86. The van der Waals surface area contributed by atoms with Gasteiger partial charge in [-0.1, -0.05) is 85.6 Å². The Morgan fingerprint density at radius 3 is 2.09 bits per heavy atom. The highest BCUT2D eigenvalue weighted by Crippen LogP contribution is 2.35. The Balaban J connectivity index is 1.36. The van der Waals surface area contributed by atoms with Crippen molar-refractivity contribution in [3.05, 3.63) is 102 Å². The van der Waals surface area contributed by atoms with Gasteiger partial charge in [-0.3, -0.25) is 0 Å². The van der Waals surface area contributed by atoms with Gasteiger partial charge in [0.1, 0.15) is 11.9 Å². The standard InChI is InChI=1S/C28H30N2O2/c31-24(20-32-27(21-11-3-1-4-12-21)22-13-5-2-6-14-22)19-30-26-18-10-9-17-25(26)29-28(30)23-15-7-8-16-23/h1-6,9-14,17-18,23-24,27,31H,7-8,15-16,19-20H2. The molecule has 4 nitrogen and oxygen atoms in total. The molecule has 1 aliphatic carbocycles. The molecule has 0 bridgehead atoms. The maximum absolute atomic E-state index is 11.0. The zero-order chi connectivity index (χ0) is 21.8. The summed E-state index contributed by atoms with van der Waals surface area (Å²) in [4.78, 5) is 4.95. The molecule has 1 aliphatic rings. The maximum atomic E-state index is 11.0. The second-order valence-electron chi connectivity index (χ2n) is 8.74. The molecule has 4 aromatic rings. The van der Waals surface area contributed by atoms with Crippen LogP contribution in [0.2, 0.25) is 0 Å². The zero-order valence-corrected chi connectivity index (χ0v) is 18.3. The molecule has 4 heteroatoms. The zero-order valence-electron chi connectivity index (χ0n) is 18.3. The van der Waals surface area contributed by atoms with Crippen LogP contribution >= 0.6 is 0 Å². The summed E-state index contributed by atoms with van der Waals surface area (Å²) in [6.45, 7) is 0.744. The Morgan fingerprint density at radius 2 is 1.44 bits per heavy atom. The minimum absolute atomic E-state index is 0.208. The van der Waals surface area contributed by atoms with E-state index in [9.17, 15) is 5.11 Å². The third-order valence-electron chi connectivity index (χ3n) is 6.46. The number of hydrogen-bond donors (Lipinski definition) is 1. The average molecular weight is 427 g/mol. The number of fused-ring (bicyclic) bond motifs is 1. The van der Waals surface area contributed by atoms with E-state index in [2.05, 4.69) is 41.0 Å². The van der Waals surface area contributed by atoms with E-state index < -0.39 is 6.10 Å². The van der Waals surface area contributed by atoms with Crippen molar-refractivity contribution in [2.45, 2.75) is 50.4 Å². The van der Waals surface area contributed by atoms with Crippen molar-refractivity contribution in [2.75, 3.05) is 6.61 Å². The van der Waals surface area contributed by atoms with E-state index in [4.69, 9.17) is 9.72 Å². The van der Waals surface area contributed by atoms with E-state index in [-0.39, 0.29) is 12.7 Å². The summed E-state index contributed by atoms with van der Waals surface area (Å²) < 4.78 is 8.54. The number of aromatic nitrogens is 2.